The van der Waals surface area contributed by atoms with Crippen molar-refractivity contribution >= 4 is 5.69 Å². The first-order chi connectivity index (χ1) is 10.3. The summed E-state index contributed by atoms with van der Waals surface area (Å²) < 4.78 is 1.59. The second kappa shape index (κ2) is 6.18. The van der Waals surface area contributed by atoms with E-state index in [1.54, 1.807) is 17.0 Å². The predicted octanol–water partition coefficient (Wildman–Crippen LogP) is 2.10. The van der Waals surface area contributed by atoms with E-state index < -0.39 is 0 Å². The molecule has 1 fully saturated rings. The number of rotatable bonds is 4. The highest BCUT2D eigenvalue weighted by molar-refractivity contribution is 5.49. The van der Waals surface area contributed by atoms with Crippen molar-refractivity contribution in [3.05, 3.63) is 47.1 Å². The van der Waals surface area contributed by atoms with E-state index in [1.807, 2.05) is 24.3 Å². The van der Waals surface area contributed by atoms with Gasteiger partial charge in [0.1, 0.15) is 0 Å². The summed E-state index contributed by atoms with van der Waals surface area (Å²) in [6, 6.07) is 8.42. The van der Waals surface area contributed by atoms with Crippen molar-refractivity contribution in [1.82, 2.24) is 9.55 Å². The molecule has 5 heteroatoms. The number of nitrogens with two attached hydrogens (primary N) is 1. The van der Waals surface area contributed by atoms with Crippen molar-refractivity contribution in [2.75, 3.05) is 11.9 Å². The third kappa shape index (κ3) is 3.03. The lowest BCUT2D eigenvalue weighted by Gasteiger charge is -2.32. The number of aromatic amines is 1. The minimum atomic E-state index is -0.119. The molecule has 1 heterocycles. The fraction of sp³-hybridized carbons (Fsp3) is 0.438. The normalized spacial score (nSPS) is 22.1. The molecule has 0 aliphatic heterocycles. The van der Waals surface area contributed by atoms with E-state index in [1.165, 1.54) is 25.7 Å². The molecule has 3 rings (SSSR count). The summed E-state index contributed by atoms with van der Waals surface area (Å²) in [7, 11) is 0. The van der Waals surface area contributed by atoms with Crippen LogP contribution in [0.5, 0.6) is 0 Å². The van der Waals surface area contributed by atoms with Crippen LogP contribution >= 0.6 is 0 Å². The van der Waals surface area contributed by atoms with E-state index in [0.29, 0.717) is 12.0 Å². The average molecular weight is 286 g/mol. The van der Waals surface area contributed by atoms with Gasteiger partial charge in [0.15, 0.2) is 0 Å². The number of H-pyrrole nitrogens is 1. The van der Waals surface area contributed by atoms with Crippen LogP contribution in [-0.4, -0.2) is 22.1 Å². The highest BCUT2D eigenvalue weighted by Crippen LogP contribution is 2.26. The fourth-order valence-corrected chi connectivity index (χ4v) is 3.14. The molecule has 0 spiro atoms. The van der Waals surface area contributed by atoms with Gasteiger partial charge in [-0.1, -0.05) is 12.8 Å². The van der Waals surface area contributed by atoms with Gasteiger partial charge < -0.3 is 16.0 Å². The third-order valence-electron chi connectivity index (χ3n) is 4.36. The van der Waals surface area contributed by atoms with E-state index in [0.717, 1.165) is 17.9 Å². The molecular weight excluding hydrogens is 264 g/mol. The Morgan fingerprint density at radius 3 is 2.67 bits per heavy atom. The molecule has 2 atom stereocenters. The molecule has 4 N–H and O–H groups in total. The van der Waals surface area contributed by atoms with Gasteiger partial charge in [-0.3, -0.25) is 4.57 Å². The zero-order chi connectivity index (χ0) is 14.7. The van der Waals surface area contributed by atoms with Crippen molar-refractivity contribution in [3.8, 4) is 5.69 Å². The van der Waals surface area contributed by atoms with Gasteiger partial charge in [0.2, 0.25) is 0 Å². The van der Waals surface area contributed by atoms with Gasteiger partial charge in [0.05, 0.1) is 5.69 Å². The lowest BCUT2D eigenvalue weighted by atomic mass is 9.84. The molecule has 1 saturated carbocycles. The first-order valence-corrected chi connectivity index (χ1v) is 7.61. The molecule has 0 bridgehead atoms. The van der Waals surface area contributed by atoms with Crippen LogP contribution in [0.4, 0.5) is 5.69 Å². The van der Waals surface area contributed by atoms with E-state index >= 15 is 0 Å². The maximum atomic E-state index is 11.6. The molecule has 1 aromatic carbocycles. The van der Waals surface area contributed by atoms with E-state index in [-0.39, 0.29) is 5.69 Å². The molecule has 112 valence electrons. The number of imidazole rings is 1. The summed E-state index contributed by atoms with van der Waals surface area (Å²) in [5.74, 6) is 0.561. The van der Waals surface area contributed by atoms with E-state index in [4.69, 9.17) is 5.73 Å². The largest absolute Gasteiger partial charge is 0.382 e. The molecule has 2 unspecified atom stereocenters. The van der Waals surface area contributed by atoms with Crippen LogP contribution in [0, 0.1) is 5.92 Å². The van der Waals surface area contributed by atoms with Crippen LogP contribution < -0.4 is 16.7 Å². The average Bonchev–Trinajstić information content (AvgIpc) is 2.95. The minimum absolute atomic E-state index is 0.119. The first-order valence-electron chi connectivity index (χ1n) is 7.61. The number of aromatic nitrogens is 2. The van der Waals surface area contributed by atoms with Crippen LogP contribution in [0.2, 0.25) is 0 Å². The quantitative estimate of drug-likeness (QED) is 0.805. The smallest absolute Gasteiger partial charge is 0.330 e. The van der Waals surface area contributed by atoms with E-state index in [2.05, 4.69) is 10.3 Å². The standard InChI is InChI=1S/C16H22N4O/c17-11-12-3-1-2-4-15(12)19-13-5-7-14(8-6-13)20-10-9-18-16(20)21/h5-10,12,15,19H,1-4,11,17H2,(H,18,21). The number of nitrogens with zero attached hydrogens (tertiary/aromatic N) is 1. The number of hydrogen-bond donors (Lipinski definition) is 3. The van der Waals surface area contributed by atoms with Crippen molar-refractivity contribution in [1.29, 1.82) is 0 Å². The molecule has 1 aliphatic carbocycles. The zero-order valence-electron chi connectivity index (χ0n) is 12.1. The number of benzene rings is 1. The van der Waals surface area contributed by atoms with Gasteiger partial charge in [-0.25, -0.2) is 4.79 Å². The second-order valence-corrected chi connectivity index (χ2v) is 5.71. The summed E-state index contributed by atoms with van der Waals surface area (Å²) in [5.41, 5.74) is 7.71. The molecule has 0 saturated heterocycles. The Kier molecular flexibility index (Phi) is 4.10. The lowest BCUT2D eigenvalue weighted by Crippen LogP contribution is -2.36. The third-order valence-corrected chi connectivity index (χ3v) is 4.36. The monoisotopic (exact) mass is 286 g/mol. The Hall–Kier alpha value is -2.01. The first kappa shape index (κ1) is 13.9. The fourth-order valence-electron chi connectivity index (χ4n) is 3.14. The molecule has 2 aromatic rings. The van der Waals surface area contributed by atoms with Gasteiger partial charge in [0, 0.05) is 24.1 Å². The highest BCUT2D eigenvalue weighted by atomic mass is 16.1. The number of hydrogen-bond acceptors (Lipinski definition) is 3. The van der Waals surface area contributed by atoms with E-state index in [9.17, 15) is 4.79 Å². The summed E-state index contributed by atoms with van der Waals surface area (Å²) in [6.45, 7) is 0.745. The van der Waals surface area contributed by atoms with Crippen molar-refractivity contribution in [2.24, 2.45) is 11.7 Å². The van der Waals surface area contributed by atoms with Gasteiger partial charge in [-0.15, -0.1) is 0 Å². The topological polar surface area (TPSA) is 75.8 Å². The summed E-state index contributed by atoms with van der Waals surface area (Å²) in [4.78, 5) is 14.2. The molecule has 5 nitrogen and oxygen atoms in total. The maximum Gasteiger partial charge on any atom is 0.330 e. The molecular formula is C16H22N4O. The molecule has 21 heavy (non-hydrogen) atoms. The van der Waals surface area contributed by atoms with Crippen molar-refractivity contribution < 1.29 is 0 Å². The van der Waals surface area contributed by atoms with Crippen LogP contribution in [-0.2, 0) is 0 Å². The van der Waals surface area contributed by atoms with Crippen LogP contribution in [0.3, 0.4) is 0 Å². The SMILES string of the molecule is NCC1CCCCC1Nc1ccc(-n2cc[nH]c2=O)cc1. The molecule has 1 aromatic heterocycles. The Morgan fingerprint density at radius 2 is 2.00 bits per heavy atom. The number of anilines is 1. The van der Waals surface area contributed by atoms with Gasteiger partial charge in [0.25, 0.3) is 0 Å². The maximum absolute atomic E-state index is 11.6. The molecule has 0 amide bonds. The Labute approximate surface area is 124 Å². The van der Waals surface area contributed by atoms with Gasteiger partial charge >= 0.3 is 5.69 Å². The molecule has 1 aliphatic rings. The van der Waals surface area contributed by atoms with Crippen LogP contribution in [0.1, 0.15) is 25.7 Å². The minimum Gasteiger partial charge on any atom is -0.382 e. The number of nitrogens with one attached hydrogen (secondary N) is 2. The summed E-state index contributed by atoms with van der Waals surface area (Å²) in [5, 5.41) is 3.59. The zero-order valence-corrected chi connectivity index (χ0v) is 12.1. The van der Waals surface area contributed by atoms with Gasteiger partial charge in [-0.05, 0) is 49.6 Å². The Morgan fingerprint density at radius 1 is 1.24 bits per heavy atom. The summed E-state index contributed by atoms with van der Waals surface area (Å²) >= 11 is 0. The van der Waals surface area contributed by atoms with Crippen LogP contribution in [0.25, 0.3) is 5.69 Å². The lowest BCUT2D eigenvalue weighted by molar-refractivity contribution is 0.332. The highest BCUT2D eigenvalue weighted by Gasteiger charge is 2.23. The Bertz CT molecular complexity index is 628. The van der Waals surface area contributed by atoms with Crippen molar-refractivity contribution in [3.63, 3.8) is 0 Å². The summed E-state index contributed by atoms with van der Waals surface area (Å²) in [6.07, 6.45) is 8.32. The molecule has 0 radical (unpaired) electrons. The second-order valence-electron chi connectivity index (χ2n) is 5.71. The van der Waals surface area contributed by atoms with Crippen molar-refractivity contribution in [2.45, 2.75) is 31.7 Å². The predicted molar refractivity (Wildman–Crippen MR) is 84.8 cm³/mol. The van der Waals surface area contributed by atoms with Crippen LogP contribution in [0.15, 0.2) is 41.5 Å². The van der Waals surface area contributed by atoms with Gasteiger partial charge in [-0.2, -0.15) is 0 Å². The Balaban J connectivity index is 1.72.